The minimum absolute atomic E-state index is 0.205. The molecule has 1 aromatic rings. The molecule has 0 aliphatic carbocycles. The maximum atomic E-state index is 13.0. The van der Waals surface area contributed by atoms with Crippen LogP contribution in [0.15, 0.2) is 16.6 Å². The molecular weight excluding hydrogens is 235 g/mol. The molecular formula is C10H10BrFO. The van der Waals surface area contributed by atoms with Gasteiger partial charge in [0.2, 0.25) is 0 Å². The van der Waals surface area contributed by atoms with Crippen molar-refractivity contribution in [3.05, 3.63) is 33.5 Å². The van der Waals surface area contributed by atoms with E-state index in [2.05, 4.69) is 22.9 Å². The third-order valence-electron chi connectivity index (χ3n) is 2.30. The van der Waals surface area contributed by atoms with Crippen LogP contribution in [0.2, 0.25) is 0 Å². The minimum atomic E-state index is -0.205. The SMILES string of the molecule is CC1COCc2cc(F)cc(Br)c21. The van der Waals surface area contributed by atoms with Crippen LogP contribution >= 0.6 is 15.9 Å². The highest BCUT2D eigenvalue weighted by Crippen LogP contribution is 2.33. The lowest BCUT2D eigenvalue weighted by Gasteiger charge is -2.23. The van der Waals surface area contributed by atoms with Crippen LogP contribution < -0.4 is 0 Å². The average Bonchev–Trinajstić information content (AvgIpc) is 2.02. The average molecular weight is 245 g/mol. The first-order valence-electron chi connectivity index (χ1n) is 4.24. The maximum absolute atomic E-state index is 13.0. The molecule has 1 atom stereocenters. The molecule has 0 amide bonds. The van der Waals surface area contributed by atoms with E-state index < -0.39 is 0 Å². The zero-order valence-electron chi connectivity index (χ0n) is 7.31. The molecule has 0 N–H and O–H groups in total. The zero-order chi connectivity index (χ0) is 9.42. The van der Waals surface area contributed by atoms with E-state index in [0.717, 1.165) is 16.6 Å². The van der Waals surface area contributed by atoms with Gasteiger partial charge in [0.25, 0.3) is 0 Å². The highest BCUT2D eigenvalue weighted by atomic mass is 79.9. The number of ether oxygens (including phenoxy) is 1. The Bertz CT molecular complexity index is 338. The first-order chi connectivity index (χ1) is 6.18. The number of hydrogen-bond donors (Lipinski definition) is 0. The smallest absolute Gasteiger partial charge is 0.124 e. The summed E-state index contributed by atoms with van der Waals surface area (Å²) in [5.41, 5.74) is 2.15. The number of benzene rings is 1. The van der Waals surface area contributed by atoms with E-state index in [-0.39, 0.29) is 5.82 Å². The predicted octanol–water partition coefficient (Wildman–Crippen LogP) is 3.22. The Kier molecular flexibility index (Phi) is 2.39. The van der Waals surface area contributed by atoms with Crippen LogP contribution in [0.25, 0.3) is 0 Å². The van der Waals surface area contributed by atoms with Gasteiger partial charge in [-0.05, 0) is 23.3 Å². The summed E-state index contributed by atoms with van der Waals surface area (Å²) in [6.45, 7) is 3.33. The standard InChI is InChI=1S/C10H10BrFO/c1-6-4-13-5-7-2-8(12)3-9(11)10(6)7/h2-3,6H,4-5H2,1H3. The second-order valence-corrected chi connectivity index (χ2v) is 4.23. The molecule has 13 heavy (non-hydrogen) atoms. The second kappa shape index (κ2) is 3.39. The van der Waals surface area contributed by atoms with Crippen molar-refractivity contribution in [1.29, 1.82) is 0 Å². The van der Waals surface area contributed by atoms with Crippen LogP contribution in [0.1, 0.15) is 24.0 Å². The van der Waals surface area contributed by atoms with Gasteiger partial charge >= 0.3 is 0 Å². The Hall–Kier alpha value is -0.410. The molecule has 3 heteroatoms. The second-order valence-electron chi connectivity index (χ2n) is 3.38. The van der Waals surface area contributed by atoms with E-state index in [0.29, 0.717) is 12.5 Å². The molecule has 0 radical (unpaired) electrons. The van der Waals surface area contributed by atoms with Gasteiger partial charge in [0.05, 0.1) is 13.2 Å². The van der Waals surface area contributed by atoms with Gasteiger partial charge < -0.3 is 4.74 Å². The fourth-order valence-corrected chi connectivity index (χ4v) is 2.60. The lowest BCUT2D eigenvalue weighted by Crippen LogP contribution is -2.15. The molecule has 1 unspecified atom stereocenters. The number of hydrogen-bond acceptors (Lipinski definition) is 1. The van der Waals surface area contributed by atoms with Crippen molar-refractivity contribution < 1.29 is 9.13 Å². The summed E-state index contributed by atoms with van der Waals surface area (Å²) in [7, 11) is 0. The van der Waals surface area contributed by atoms with Crippen molar-refractivity contribution in [2.45, 2.75) is 19.4 Å². The third-order valence-corrected chi connectivity index (χ3v) is 2.95. The summed E-state index contributed by atoms with van der Waals surface area (Å²) < 4.78 is 19.2. The van der Waals surface area contributed by atoms with Crippen molar-refractivity contribution in [2.75, 3.05) is 6.61 Å². The minimum Gasteiger partial charge on any atom is -0.376 e. The summed E-state index contributed by atoms with van der Waals surface area (Å²) in [6, 6.07) is 3.07. The first-order valence-corrected chi connectivity index (χ1v) is 5.03. The Balaban J connectivity index is 2.56. The van der Waals surface area contributed by atoms with E-state index in [1.165, 1.54) is 11.6 Å². The van der Waals surface area contributed by atoms with Crippen molar-refractivity contribution >= 4 is 15.9 Å². The van der Waals surface area contributed by atoms with Crippen molar-refractivity contribution in [3.63, 3.8) is 0 Å². The molecule has 0 spiro atoms. The predicted molar refractivity (Wildman–Crippen MR) is 52.2 cm³/mol. The van der Waals surface area contributed by atoms with Gasteiger partial charge in [0.15, 0.2) is 0 Å². The lowest BCUT2D eigenvalue weighted by atomic mass is 9.94. The number of halogens is 2. The first kappa shape index (κ1) is 9.16. The van der Waals surface area contributed by atoms with Crippen LogP contribution in [0.5, 0.6) is 0 Å². The van der Waals surface area contributed by atoms with Crippen molar-refractivity contribution in [2.24, 2.45) is 0 Å². The monoisotopic (exact) mass is 244 g/mol. The Morgan fingerprint density at radius 2 is 2.31 bits per heavy atom. The van der Waals surface area contributed by atoms with Crippen LogP contribution in [-0.4, -0.2) is 6.61 Å². The third kappa shape index (κ3) is 1.63. The molecule has 70 valence electrons. The molecule has 1 aliphatic rings. The molecule has 0 bridgehead atoms. The zero-order valence-corrected chi connectivity index (χ0v) is 8.90. The summed E-state index contributed by atoms with van der Waals surface area (Å²) in [4.78, 5) is 0. The maximum Gasteiger partial charge on any atom is 0.124 e. The molecule has 1 aliphatic heterocycles. The largest absolute Gasteiger partial charge is 0.376 e. The Morgan fingerprint density at radius 3 is 3.08 bits per heavy atom. The van der Waals surface area contributed by atoms with Gasteiger partial charge in [0, 0.05) is 10.4 Å². The molecule has 0 aromatic heterocycles. The molecule has 2 rings (SSSR count). The van der Waals surface area contributed by atoms with Gasteiger partial charge in [0.1, 0.15) is 5.82 Å². The lowest BCUT2D eigenvalue weighted by molar-refractivity contribution is 0.0945. The fourth-order valence-electron chi connectivity index (χ4n) is 1.74. The summed E-state index contributed by atoms with van der Waals surface area (Å²) in [5, 5.41) is 0. The summed E-state index contributed by atoms with van der Waals surface area (Å²) in [6.07, 6.45) is 0. The number of fused-ring (bicyclic) bond motifs is 1. The van der Waals surface area contributed by atoms with Gasteiger partial charge in [-0.2, -0.15) is 0 Å². The Morgan fingerprint density at radius 1 is 1.54 bits per heavy atom. The van der Waals surface area contributed by atoms with Gasteiger partial charge in [-0.3, -0.25) is 0 Å². The molecule has 0 fully saturated rings. The van der Waals surface area contributed by atoms with Crippen molar-refractivity contribution in [1.82, 2.24) is 0 Å². The fraction of sp³-hybridized carbons (Fsp3) is 0.400. The van der Waals surface area contributed by atoms with Crippen molar-refractivity contribution in [3.8, 4) is 0 Å². The van der Waals surface area contributed by atoms with E-state index in [1.54, 1.807) is 6.07 Å². The van der Waals surface area contributed by atoms with E-state index >= 15 is 0 Å². The van der Waals surface area contributed by atoms with Crippen LogP contribution in [0.4, 0.5) is 4.39 Å². The van der Waals surface area contributed by atoms with Gasteiger partial charge in [-0.1, -0.05) is 22.9 Å². The van der Waals surface area contributed by atoms with Crippen LogP contribution in [-0.2, 0) is 11.3 Å². The summed E-state index contributed by atoms with van der Waals surface area (Å²) in [5.74, 6) is 0.141. The normalized spacial score (nSPS) is 21.3. The quantitative estimate of drug-likeness (QED) is 0.681. The van der Waals surface area contributed by atoms with Gasteiger partial charge in [-0.15, -0.1) is 0 Å². The molecule has 0 saturated heterocycles. The topological polar surface area (TPSA) is 9.23 Å². The number of rotatable bonds is 0. The summed E-state index contributed by atoms with van der Waals surface area (Å²) >= 11 is 3.38. The highest BCUT2D eigenvalue weighted by molar-refractivity contribution is 9.10. The molecule has 1 nitrogen and oxygen atoms in total. The Labute approximate surface area is 85.0 Å². The molecule has 1 heterocycles. The van der Waals surface area contributed by atoms with E-state index in [1.807, 2.05) is 0 Å². The molecule has 0 saturated carbocycles. The molecule has 1 aromatic carbocycles. The van der Waals surface area contributed by atoms with E-state index in [9.17, 15) is 4.39 Å². The van der Waals surface area contributed by atoms with Crippen LogP contribution in [0.3, 0.4) is 0 Å². The van der Waals surface area contributed by atoms with Crippen LogP contribution in [0, 0.1) is 5.82 Å². The van der Waals surface area contributed by atoms with E-state index in [4.69, 9.17) is 4.74 Å². The highest BCUT2D eigenvalue weighted by Gasteiger charge is 2.20. The van der Waals surface area contributed by atoms with Gasteiger partial charge in [-0.25, -0.2) is 4.39 Å².